The highest BCUT2D eigenvalue weighted by Crippen LogP contribution is 2.42. The highest BCUT2D eigenvalue weighted by molar-refractivity contribution is 8.00. The molecule has 306 valence electrons. The number of esters is 1. The Balaban J connectivity index is 1.12. The Kier molecular flexibility index (Phi) is 12.9. The second kappa shape index (κ2) is 18.8. The maximum Gasteiger partial charge on any atom is 0.404 e. The average Bonchev–Trinajstić information content (AvgIpc) is 3.75. The number of primary amides is 1. The summed E-state index contributed by atoms with van der Waals surface area (Å²) in [6.45, 7) is -0.215. The fourth-order valence-electron chi connectivity index (χ4n) is 6.91. The summed E-state index contributed by atoms with van der Waals surface area (Å²) in [6.07, 6.45) is 2.13. The molecule has 0 spiro atoms. The summed E-state index contributed by atoms with van der Waals surface area (Å²) < 4.78 is 15.7. The van der Waals surface area contributed by atoms with Crippen molar-refractivity contribution in [1.29, 1.82) is 0 Å². The summed E-state index contributed by atoms with van der Waals surface area (Å²) in [6, 6.07) is 36.1. The van der Waals surface area contributed by atoms with E-state index in [1.54, 1.807) is 42.8 Å². The highest BCUT2D eigenvalue weighted by Gasteiger charge is 2.54. The number of allylic oxidation sites excluding steroid dienone is 1. The van der Waals surface area contributed by atoms with Crippen molar-refractivity contribution in [2.75, 3.05) is 31.9 Å². The van der Waals surface area contributed by atoms with Crippen molar-refractivity contribution in [3.63, 3.8) is 0 Å². The van der Waals surface area contributed by atoms with Crippen LogP contribution in [0.2, 0.25) is 0 Å². The van der Waals surface area contributed by atoms with Crippen molar-refractivity contribution in [3.05, 3.63) is 172 Å². The molecular formula is C44H40N6O8S2. The molecule has 2 atom stereocenters. The van der Waals surface area contributed by atoms with Gasteiger partial charge in [-0.2, -0.15) is 0 Å². The van der Waals surface area contributed by atoms with Crippen LogP contribution in [0.3, 0.4) is 0 Å². The molecular weight excluding hydrogens is 805 g/mol. The molecule has 0 bridgehead atoms. The molecule has 2 aliphatic rings. The zero-order chi connectivity index (χ0) is 42.1. The number of anilines is 1. The van der Waals surface area contributed by atoms with Crippen molar-refractivity contribution >= 4 is 57.8 Å². The molecule has 14 nitrogen and oxygen atoms in total. The fraction of sp³-hybridized carbons (Fsp3) is 0.182. The number of nitrogens with zero attached hydrogens (tertiary/aromatic N) is 3. The molecule has 60 heavy (non-hydrogen) atoms. The Morgan fingerprint density at radius 3 is 2.08 bits per heavy atom. The minimum Gasteiger partial charge on any atom is -0.497 e. The minimum atomic E-state index is -1.02. The summed E-state index contributed by atoms with van der Waals surface area (Å²) in [4.78, 5) is 63.9. The zero-order valence-electron chi connectivity index (χ0n) is 32.5. The Morgan fingerprint density at radius 1 is 0.900 bits per heavy atom. The van der Waals surface area contributed by atoms with Crippen LogP contribution in [0.25, 0.3) is 0 Å². The van der Waals surface area contributed by atoms with Gasteiger partial charge in [0, 0.05) is 11.1 Å². The molecule has 4 N–H and O–H groups in total. The van der Waals surface area contributed by atoms with Gasteiger partial charge in [-0.1, -0.05) is 114 Å². The molecule has 0 saturated carbocycles. The number of oxime groups is 1. The van der Waals surface area contributed by atoms with Crippen LogP contribution < -0.4 is 21.1 Å². The summed E-state index contributed by atoms with van der Waals surface area (Å²) in [5.41, 5.74) is 8.37. The predicted octanol–water partition coefficient (Wildman–Crippen LogP) is 5.96. The average molecular weight is 845 g/mol. The number of thioether (sulfide) groups is 1. The number of methoxy groups -OCH3 is 1. The van der Waals surface area contributed by atoms with Gasteiger partial charge < -0.3 is 35.4 Å². The maximum absolute atomic E-state index is 14.0. The van der Waals surface area contributed by atoms with E-state index >= 15 is 0 Å². The van der Waals surface area contributed by atoms with Crippen LogP contribution in [-0.2, 0) is 40.8 Å². The quantitative estimate of drug-likeness (QED) is 0.0351. The standard InChI is InChI=1S/C44H40N6O8S2/c1-55-33-22-20-28(21-23-33)25-58-41(53)37-29(13-12-24-57-42(45)54)26-59-40-36(39(52)50(37)40)47-38(51)35(49-56-2)34-27-60-43(46-34)48-44(30-14-6-3-7-15-30,31-16-8-4-9-17-31)32-18-10-5-11-19-32/h3-23,27,36,40H,24-26H2,1-2H3,(H2,45,54)(H,46,48)(H,47,51)/b13-12-,49-35-/t36-,40-/m1/s1. The Morgan fingerprint density at radius 2 is 1.52 bits per heavy atom. The number of fused-ring (bicyclic) bond motifs is 1. The van der Waals surface area contributed by atoms with Crippen molar-refractivity contribution in [2.24, 2.45) is 10.9 Å². The number of carbonyl (C=O) groups excluding carboxylic acids is 4. The Hall–Kier alpha value is -6.91. The van der Waals surface area contributed by atoms with Gasteiger partial charge in [0.15, 0.2) is 10.8 Å². The van der Waals surface area contributed by atoms with E-state index in [0.29, 0.717) is 22.0 Å². The second-order valence-corrected chi connectivity index (χ2v) is 15.3. The lowest BCUT2D eigenvalue weighted by molar-refractivity contribution is -0.153. The van der Waals surface area contributed by atoms with Crippen LogP contribution in [-0.4, -0.2) is 77.5 Å². The number of carbonyl (C=O) groups is 4. The lowest BCUT2D eigenvalue weighted by atomic mass is 9.77. The van der Waals surface area contributed by atoms with Gasteiger partial charge in [-0.3, -0.25) is 14.5 Å². The lowest BCUT2D eigenvalue weighted by Gasteiger charge is -2.49. The Labute approximate surface area is 354 Å². The molecule has 0 aliphatic carbocycles. The van der Waals surface area contributed by atoms with Crippen molar-refractivity contribution in [2.45, 2.75) is 23.6 Å². The van der Waals surface area contributed by atoms with E-state index in [0.717, 1.165) is 16.7 Å². The molecule has 5 aromatic rings. The van der Waals surface area contributed by atoms with E-state index in [4.69, 9.17) is 29.8 Å². The van der Waals surface area contributed by atoms with Crippen LogP contribution in [0, 0.1) is 0 Å². The number of aromatic nitrogens is 1. The predicted molar refractivity (Wildman–Crippen MR) is 228 cm³/mol. The van der Waals surface area contributed by atoms with Crippen LogP contribution >= 0.6 is 23.1 Å². The van der Waals surface area contributed by atoms with E-state index in [9.17, 15) is 19.2 Å². The minimum absolute atomic E-state index is 0.0119. The molecule has 4 aromatic carbocycles. The topological polar surface area (TPSA) is 184 Å². The summed E-state index contributed by atoms with van der Waals surface area (Å²) in [5, 5.41) is 12.1. The molecule has 7 rings (SSSR count). The molecule has 0 unspecified atom stereocenters. The Bertz CT molecular complexity index is 2330. The first kappa shape index (κ1) is 41.3. The number of hydrogen-bond acceptors (Lipinski definition) is 13. The zero-order valence-corrected chi connectivity index (χ0v) is 34.1. The summed E-state index contributed by atoms with van der Waals surface area (Å²) >= 11 is 2.62. The smallest absolute Gasteiger partial charge is 0.404 e. The number of β-lactam (4-membered cyclic amide) rings is 1. The number of hydrogen-bond donors (Lipinski definition) is 3. The molecule has 1 saturated heterocycles. The van der Waals surface area contributed by atoms with Gasteiger partial charge in [0.05, 0.1) is 7.11 Å². The van der Waals surface area contributed by atoms with Gasteiger partial charge >= 0.3 is 12.1 Å². The third-order valence-corrected chi connectivity index (χ3v) is 11.8. The molecule has 16 heteroatoms. The first-order chi connectivity index (χ1) is 29.2. The van der Waals surface area contributed by atoms with Gasteiger partial charge in [-0.05, 0) is 46.0 Å². The van der Waals surface area contributed by atoms with E-state index in [1.807, 2.05) is 91.0 Å². The first-order valence-electron chi connectivity index (χ1n) is 18.6. The summed E-state index contributed by atoms with van der Waals surface area (Å²) in [5.74, 6) is -1.06. The number of benzene rings is 4. The van der Waals surface area contributed by atoms with Gasteiger partial charge in [0.25, 0.3) is 11.8 Å². The number of amides is 3. The monoisotopic (exact) mass is 844 g/mol. The fourth-order valence-corrected chi connectivity index (χ4v) is 8.98. The van der Waals surface area contributed by atoms with Crippen molar-refractivity contribution in [3.8, 4) is 5.75 Å². The molecule has 3 heterocycles. The molecule has 2 aliphatic heterocycles. The lowest BCUT2D eigenvalue weighted by Crippen LogP contribution is -2.71. The first-order valence-corrected chi connectivity index (χ1v) is 20.6. The third kappa shape index (κ3) is 8.74. The van der Waals surface area contributed by atoms with Gasteiger partial charge in [-0.15, -0.1) is 23.1 Å². The van der Waals surface area contributed by atoms with Gasteiger partial charge in [0.2, 0.25) is 0 Å². The van der Waals surface area contributed by atoms with Gasteiger partial charge in [-0.25, -0.2) is 14.6 Å². The van der Waals surface area contributed by atoms with E-state index in [1.165, 1.54) is 41.2 Å². The van der Waals surface area contributed by atoms with Gasteiger partial charge in [0.1, 0.15) is 54.4 Å². The molecule has 1 aromatic heterocycles. The molecule has 3 amide bonds. The molecule has 0 radical (unpaired) electrons. The number of thiazole rings is 1. The van der Waals surface area contributed by atoms with Crippen molar-refractivity contribution in [1.82, 2.24) is 15.2 Å². The normalized spacial score (nSPS) is 16.4. The summed E-state index contributed by atoms with van der Waals surface area (Å²) in [7, 11) is 2.87. The number of ether oxygens (including phenoxy) is 3. The molecule has 1 fully saturated rings. The van der Waals surface area contributed by atoms with Crippen LogP contribution in [0.1, 0.15) is 27.9 Å². The van der Waals surface area contributed by atoms with E-state index < -0.39 is 40.8 Å². The number of nitrogens with two attached hydrogens (primary N) is 1. The SMILES string of the molecule is CO/N=C(\C(=O)N[C@@H]1C(=O)N2C(C(=O)OCc3ccc(OC)cc3)=C(/C=C\COC(N)=O)CS[C@H]12)c1csc(NC(c2ccccc2)(c2ccccc2)c2ccccc2)n1. The largest absolute Gasteiger partial charge is 0.497 e. The highest BCUT2D eigenvalue weighted by atomic mass is 32.2. The third-order valence-electron chi connectivity index (χ3n) is 9.71. The van der Waals surface area contributed by atoms with Crippen LogP contribution in [0.5, 0.6) is 5.75 Å². The number of rotatable bonds is 16. The van der Waals surface area contributed by atoms with Crippen molar-refractivity contribution < 1.29 is 38.2 Å². The van der Waals surface area contributed by atoms with E-state index in [-0.39, 0.29) is 36.1 Å². The van der Waals surface area contributed by atoms with Crippen LogP contribution in [0.15, 0.2) is 149 Å². The van der Waals surface area contributed by atoms with Crippen LogP contribution in [0.4, 0.5) is 9.93 Å². The number of nitrogens with one attached hydrogen (secondary N) is 2. The van der Waals surface area contributed by atoms with E-state index in [2.05, 4.69) is 15.8 Å². The second-order valence-electron chi connectivity index (χ2n) is 13.3. The maximum atomic E-state index is 14.0.